The van der Waals surface area contributed by atoms with Crippen LogP contribution in [0.3, 0.4) is 0 Å². The first-order valence-electron chi connectivity index (χ1n) is 8.07. The van der Waals surface area contributed by atoms with Crippen LogP contribution in [0.15, 0.2) is 12.4 Å². The van der Waals surface area contributed by atoms with Gasteiger partial charge in [0.2, 0.25) is 5.91 Å². The van der Waals surface area contributed by atoms with Crippen LogP contribution in [0, 0.1) is 24.2 Å². The van der Waals surface area contributed by atoms with E-state index in [2.05, 4.69) is 27.1 Å². The number of imidazole rings is 1. The van der Waals surface area contributed by atoms with Crippen LogP contribution in [0.25, 0.3) is 0 Å². The van der Waals surface area contributed by atoms with Crippen molar-refractivity contribution >= 4 is 30.7 Å². The van der Waals surface area contributed by atoms with Gasteiger partial charge in [-0.25, -0.2) is 4.98 Å². The van der Waals surface area contributed by atoms with E-state index in [-0.39, 0.29) is 36.6 Å². The average molecular weight is 363 g/mol. The monoisotopic (exact) mass is 362 g/mol. The number of piperidine rings is 1. The highest BCUT2D eigenvalue weighted by atomic mass is 35.5. The number of hydrogen-bond acceptors (Lipinski definition) is 3. The van der Waals surface area contributed by atoms with Gasteiger partial charge >= 0.3 is 0 Å². The molecule has 132 valence electrons. The quantitative estimate of drug-likeness (QED) is 0.843. The van der Waals surface area contributed by atoms with E-state index in [1.165, 1.54) is 0 Å². The van der Waals surface area contributed by atoms with Gasteiger partial charge in [-0.2, -0.15) is 0 Å². The maximum Gasteiger partial charge on any atom is 0.223 e. The first-order valence-corrected chi connectivity index (χ1v) is 8.07. The van der Waals surface area contributed by atoms with Gasteiger partial charge in [0.15, 0.2) is 0 Å². The third-order valence-electron chi connectivity index (χ3n) is 5.16. The Morgan fingerprint density at radius 2 is 2.17 bits per heavy atom. The summed E-state index contributed by atoms with van der Waals surface area (Å²) >= 11 is 0. The number of amides is 1. The first kappa shape index (κ1) is 20.3. The maximum atomic E-state index is 12.3. The molecule has 0 aromatic carbocycles. The summed E-state index contributed by atoms with van der Waals surface area (Å²) in [6.45, 7) is 7.98. The molecule has 0 bridgehead atoms. The Balaban J connectivity index is 0.00000132. The molecule has 1 aliphatic carbocycles. The summed E-state index contributed by atoms with van der Waals surface area (Å²) in [7, 11) is 0. The molecule has 1 amide bonds. The lowest BCUT2D eigenvalue weighted by Gasteiger charge is -2.23. The largest absolute Gasteiger partial charge is 0.356 e. The summed E-state index contributed by atoms with van der Waals surface area (Å²) in [6.07, 6.45) is 7.24. The van der Waals surface area contributed by atoms with Crippen LogP contribution >= 0.6 is 24.8 Å². The van der Waals surface area contributed by atoms with Crippen molar-refractivity contribution in [2.75, 3.05) is 19.6 Å². The smallest absolute Gasteiger partial charge is 0.223 e. The van der Waals surface area contributed by atoms with Crippen LogP contribution in [-0.2, 0) is 11.3 Å². The SMILES string of the molecule is Cc1nccn1CC(C)CNC(=O)C1CC12CCNCC2.Cl.Cl. The minimum absolute atomic E-state index is 0. The van der Waals surface area contributed by atoms with E-state index in [0.29, 0.717) is 11.3 Å². The van der Waals surface area contributed by atoms with Gasteiger partial charge in [0.25, 0.3) is 0 Å². The molecule has 2 fully saturated rings. The fourth-order valence-corrected chi connectivity index (χ4v) is 3.59. The predicted molar refractivity (Wildman–Crippen MR) is 96.3 cm³/mol. The molecule has 3 rings (SSSR count). The Morgan fingerprint density at radius 1 is 1.48 bits per heavy atom. The molecular formula is C16H28Cl2N4O. The number of aromatic nitrogens is 2. The summed E-state index contributed by atoms with van der Waals surface area (Å²) in [5.74, 6) is 1.99. The van der Waals surface area contributed by atoms with Crippen LogP contribution in [0.4, 0.5) is 0 Å². The zero-order chi connectivity index (χ0) is 14.9. The van der Waals surface area contributed by atoms with Gasteiger partial charge in [0.05, 0.1) is 0 Å². The Labute approximate surface area is 150 Å². The summed E-state index contributed by atoms with van der Waals surface area (Å²) in [5, 5.41) is 6.53. The Bertz CT molecular complexity index is 514. The van der Waals surface area contributed by atoms with Gasteiger partial charge in [-0.3, -0.25) is 4.79 Å². The summed E-state index contributed by atoms with van der Waals surface area (Å²) in [6, 6.07) is 0. The van der Waals surface area contributed by atoms with E-state index in [0.717, 1.165) is 51.3 Å². The van der Waals surface area contributed by atoms with Crippen LogP contribution in [0.5, 0.6) is 0 Å². The second-order valence-electron chi connectivity index (χ2n) is 6.85. The van der Waals surface area contributed by atoms with Gasteiger partial charge in [-0.15, -0.1) is 24.8 Å². The highest BCUT2D eigenvalue weighted by Crippen LogP contribution is 2.58. The molecule has 7 heteroatoms. The molecule has 23 heavy (non-hydrogen) atoms. The molecule has 2 heterocycles. The van der Waals surface area contributed by atoms with Crippen molar-refractivity contribution in [2.24, 2.45) is 17.3 Å². The molecule has 1 saturated heterocycles. The Morgan fingerprint density at radius 3 is 2.78 bits per heavy atom. The van der Waals surface area contributed by atoms with Gasteiger partial charge in [0, 0.05) is 31.4 Å². The number of halogens is 2. The highest BCUT2D eigenvalue weighted by Gasteiger charge is 2.57. The molecule has 1 aliphatic heterocycles. The third kappa shape index (κ3) is 4.61. The molecule has 1 spiro atoms. The first-order chi connectivity index (χ1) is 10.1. The molecule has 1 aromatic rings. The lowest BCUT2D eigenvalue weighted by molar-refractivity contribution is -0.123. The molecule has 0 radical (unpaired) electrons. The average Bonchev–Trinajstić information content (AvgIpc) is 3.02. The van der Waals surface area contributed by atoms with Gasteiger partial charge < -0.3 is 15.2 Å². The molecule has 2 unspecified atom stereocenters. The number of carbonyl (C=O) groups is 1. The fourth-order valence-electron chi connectivity index (χ4n) is 3.59. The molecule has 1 aromatic heterocycles. The molecule has 1 saturated carbocycles. The number of hydrogen-bond donors (Lipinski definition) is 2. The minimum Gasteiger partial charge on any atom is -0.356 e. The molecule has 2 atom stereocenters. The maximum absolute atomic E-state index is 12.3. The number of carbonyl (C=O) groups excluding carboxylic acids is 1. The lowest BCUT2D eigenvalue weighted by Crippen LogP contribution is -2.35. The third-order valence-corrected chi connectivity index (χ3v) is 5.16. The lowest BCUT2D eigenvalue weighted by atomic mass is 9.92. The molecule has 2 N–H and O–H groups in total. The number of nitrogens with zero attached hydrogens (tertiary/aromatic N) is 2. The van der Waals surface area contributed by atoms with Crippen LogP contribution in [0.1, 0.15) is 32.0 Å². The summed E-state index contributed by atoms with van der Waals surface area (Å²) < 4.78 is 2.14. The topological polar surface area (TPSA) is 59.0 Å². The van der Waals surface area contributed by atoms with E-state index >= 15 is 0 Å². The van der Waals surface area contributed by atoms with Crippen molar-refractivity contribution < 1.29 is 4.79 Å². The van der Waals surface area contributed by atoms with Crippen molar-refractivity contribution in [2.45, 2.75) is 39.7 Å². The molecular weight excluding hydrogens is 335 g/mol. The van der Waals surface area contributed by atoms with E-state index in [1.54, 1.807) is 0 Å². The standard InChI is InChI=1S/C16H26N4O.2ClH/c1-12(11-20-8-7-18-13(20)2)10-19-15(21)14-9-16(14)3-5-17-6-4-16;;/h7-8,12,14,17H,3-6,9-11H2,1-2H3,(H,19,21);2*1H. The summed E-state index contributed by atoms with van der Waals surface area (Å²) in [5.41, 5.74) is 0.333. The van der Waals surface area contributed by atoms with Gasteiger partial charge in [-0.1, -0.05) is 6.92 Å². The molecule has 2 aliphatic rings. The second-order valence-corrected chi connectivity index (χ2v) is 6.85. The van der Waals surface area contributed by atoms with Crippen molar-refractivity contribution in [3.05, 3.63) is 18.2 Å². The van der Waals surface area contributed by atoms with E-state index in [1.807, 2.05) is 19.3 Å². The van der Waals surface area contributed by atoms with Crippen molar-refractivity contribution in [3.63, 3.8) is 0 Å². The van der Waals surface area contributed by atoms with E-state index < -0.39 is 0 Å². The Kier molecular flexibility index (Phi) is 7.36. The van der Waals surface area contributed by atoms with E-state index in [9.17, 15) is 4.79 Å². The van der Waals surface area contributed by atoms with Crippen molar-refractivity contribution in [3.8, 4) is 0 Å². The predicted octanol–water partition coefficient (Wildman–Crippen LogP) is 2.18. The minimum atomic E-state index is 0. The van der Waals surface area contributed by atoms with Crippen molar-refractivity contribution in [1.29, 1.82) is 0 Å². The Hall–Kier alpha value is -0.780. The zero-order valence-corrected chi connectivity index (χ0v) is 15.5. The van der Waals surface area contributed by atoms with Crippen LogP contribution in [0.2, 0.25) is 0 Å². The molecule has 5 nitrogen and oxygen atoms in total. The zero-order valence-electron chi connectivity index (χ0n) is 13.9. The number of nitrogens with one attached hydrogen (secondary N) is 2. The number of rotatable bonds is 5. The second kappa shape index (κ2) is 8.36. The van der Waals surface area contributed by atoms with E-state index in [4.69, 9.17) is 0 Å². The van der Waals surface area contributed by atoms with Gasteiger partial charge in [-0.05, 0) is 50.6 Å². The summed E-state index contributed by atoms with van der Waals surface area (Å²) in [4.78, 5) is 16.5. The normalized spacial score (nSPS) is 22.6. The fraction of sp³-hybridized carbons (Fsp3) is 0.750. The number of aryl methyl sites for hydroxylation is 1. The van der Waals surface area contributed by atoms with Crippen molar-refractivity contribution in [1.82, 2.24) is 20.2 Å². The highest BCUT2D eigenvalue weighted by molar-refractivity contribution is 5.85. The van der Waals surface area contributed by atoms with Crippen LogP contribution < -0.4 is 10.6 Å². The van der Waals surface area contributed by atoms with Crippen LogP contribution in [-0.4, -0.2) is 35.1 Å². The van der Waals surface area contributed by atoms with Gasteiger partial charge in [0.1, 0.15) is 5.82 Å².